The summed E-state index contributed by atoms with van der Waals surface area (Å²) in [6.45, 7) is 1.97. The number of anilines is 1. The molecule has 0 spiro atoms. The maximum Gasteiger partial charge on any atom is 0.304 e. The molecule has 6 heteroatoms. The molecule has 0 saturated heterocycles. The predicted molar refractivity (Wildman–Crippen MR) is 78.2 cm³/mol. The number of nitrogens with zero attached hydrogens (tertiary/aromatic N) is 1. The van der Waals surface area contributed by atoms with Gasteiger partial charge in [-0.3, -0.25) is 10.1 Å². The minimum absolute atomic E-state index is 0.501. The highest BCUT2D eigenvalue weighted by molar-refractivity contribution is 7.98. The first-order valence-corrected chi connectivity index (χ1v) is 6.87. The first-order chi connectivity index (χ1) is 9.47. The van der Waals surface area contributed by atoms with E-state index in [9.17, 15) is 14.5 Å². The van der Waals surface area contributed by atoms with Gasteiger partial charge >= 0.3 is 5.69 Å². The molecular weight excluding hydrogens is 279 g/mol. The Kier molecular flexibility index (Phi) is 4.24. The number of thioether (sulfide) groups is 1. The topological polar surface area (TPSA) is 69.2 Å². The molecule has 0 amide bonds. The average Bonchev–Trinajstić information content (AvgIpc) is 2.39. The van der Waals surface area contributed by atoms with Crippen molar-refractivity contribution in [2.75, 3.05) is 5.73 Å². The summed E-state index contributed by atoms with van der Waals surface area (Å²) in [4.78, 5) is 10.8. The van der Waals surface area contributed by atoms with Crippen LogP contribution in [0, 0.1) is 22.9 Å². The van der Waals surface area contributed by atoms with Crippen LogP contribution < -0.4 is 5.73 Å². The van der Waals surface area contributed by atoms with Crippen molar-refractivity contribution in [3.8, 4) is 0 Å². The SMILES string of the molecule is Cc1ccc(N)cc1SCc1ccc([N+](=O)[O-])c(F)c1. The summed E-state index contributed by atoms with van der Waals surface area (Å²) in [6, 6.07) is 9.57. The summed E-state index contributed by atoms with van der Waals surface area (Å²) in [6.07, 6.45) is 0. The second-order valence-corrected chi connectivity index (χ2v) is 5.37. The highest BCUT2D eigenvalue weighted by Gasteiger charge is 2.13. The molecule has 0 unspecified atom stereocenters. The highest BCUT2D eigenvalue weighted by Crippen LogP contribution is 2.29. The summed E-state index contributed by atoms with van der Waals surface area (Å²) in [7, 11) is 0. The fraction of sp³-hybridized carbons (Fsp3) is 0.143. The summed E-state index contributed by atoms with van der Waals surface area (Å²) in [5.74, 6) is -0.281. The lowest BCUT2D eigenvalue weighted by molar-refractivity contribution is -0.387. The number of hydrogen-bond acceptors (Lipinski definition) is 4. The van der Waals surface area contributed by atoms with Crippen molar-refractivity contribution in [2.45, 2.75) is 17.6 Å². The van der Waals surface area contributed by atoms with Crippen molar-refractivity contribution in [3.05, 3.63) is 63.5 Å². The number of nitro groups is 1. The van der Waals surface area contributed by atoms with Gasteiger partial charge in [0.15, 0.2) is 0 Å². The van der Waals surface area contributed by atoms with Gasteiger partial charge in [0.25, 0.3) is 0 Å². The first kappa shape index (κ1) is 14.3. The van der Waals surface area contributed by atoms with E-state index in [0.29, 0.717) is 17.0 Å². The molecule has 104 valence electrons. The van der Waals surface area contributed by atoms with Crippen LogP contribution in [0.1, 0.15) is 11.1 Å². The van der Waals surface area contributed by atoms with Crippen LogP contribution in [0.2, 0.25) is 0 Å². The van der Waals surface area contributed by atoms with Crippen LogP contribution in [-0.2, 0) is 5.75 Å². The van der Waals surface area contributed by atoms with Crippen molar-refractivity contribution >= 4 is 23.1 Å². The Bertz CT molecular complexity index is 662. The number of nitro benzene ring substituents is 1. The van der Waals surface area contributed by atoms with Crippen LogP contribution >= 0.6 is 11.8 Å². The summed E-state index contributed by atoms with van der Waals surface area (Å²) >= 11 is 1.52. The molecule has 0 heterocycles. The van der Waals surface area contributed by atoms with Crippen LogP contribution in [0.3, 0.4) is 0 Å². The third kappa shape index (κ3) is 3.27. The number of nitrogens with two attached hydrogens (primary N) is 1. The van der Waals surface area contributed by atoms with Gasteiger partial charge in [0.2, 0.25) is 5.82 Å². The van der Waals surface area contributed by atoms with E-state index in [1.165, 1.54) is 23.9 Å². The quantitative estimate of drug-likeness (QED) is 0.401. The Morgan fingerprint density at radius 1 is 1.30 bits per heavy atom. The van der Waals surface area contributed by atoms with E-state index < -0.39 is 16.4 Å². The maximum absolute atomic E-state index is 13.5. The number of nitrogen functional groups attached to an aromatic ring is 1. The molecule has 2 rings (SSSR count). The second kappa shape index (κ2) is 5.92. The van der Waals surface area contributed by atoms with Crippen LogP contribution in [0.5, 0.6) is 0 Å². The largest absolute Gasteiger partial charge is 0.399 e. The number of halogens is 1. The van der Waals surface area contributed by atoms with Crippen molar-refractivity contribution in [1.82, 2.24) is 0 Å². The zero-order valence-corrected chi connectivity index (χ0v) is 11.6. The zero-order valence-electron chi connectivity index (χ0n) is 10.8. The van der Waals surface area contributed by atoms with Crippen LogP contribution in [-0.4, -0.2) is 4.92 Å². The predicted octanol–water partition coefficient (Wildman–Crippen LogP) is 3.92. The van der Waals surface area contributed by atoms with E-state index in [-0.39, 0.29) is 0 Å². The van der Waals surface area contributed by atoms with Crippen molar-refractivity contribution in [1.29, 1.82) is 0 Å². The first-order valence-electron chi connectivity index (χ1n) is 5.89. The molecule has 0 fully saturated rings. The minimum atomic E-state index is -0.808. The molecule has 0 aliphatic carbocycles. The Balaban J connectivity index is 2.13. The van der Waals surface area contributed by atoms with Gasteiger partial charge in [-0.2, -0.15) is 4.39 Å². The monoisotopic (exact) mass is 292 g/mol. The molecule has 0 aliphatic rings. The molecular formula is C14H13FN2O2S. The standard InChI is InChI=1S/C14H13FN2O2S/c1-9-2-4-11(16)7-14(9)20-8-10-3-5-13(17(18)19)12(15)6-10/h2-7H,8,16H2,1H3. The molecule has 0 saturated carbocycles. The van der Waals surface area contributed by atoms with E-state index in [4.69, 9.17) is 5.73 Å². The molecule has 2 N–H and O–H groups in total. The highest BCUT2D eigenvalue weighted by atomic mass is 32.2. The maximum atomic E-state index is 13.5. The van der Waals surface area contributed by atoms with E-state index in [1.54, 1.807) is 6.07 Å². The molecule has 0 aromatic heterocycles. The molecule has 0 aliphatic heterocycles. The Hall–Kier alpha value is -2.08. The summed E-state index contributed by atoms with van der Waals surface area (Å²) < 4.78 is 13.5. The molecule has 0 radical (unpaired) electrons. The lowest BCUT2D eigenvalue weighted by atomic mass is 10.2. The van der Waals surface area contributed by atoms with Gasteiger partial charge in [-0.05, 0) is 36.2 Å². The molecule has 20 heavy (non-hydrogen) atoms. The Morgan fingerprint density at radius 3 is 2.70 bits per heavy atom. The van der Waals surface area contributed by atoms with Gasteiger partial charge in [0, 0.05) is 22.4 Å². The third-order valence-corrected chi connectivity index (χ3v) is 4.04. The van der Waals surface area contributed by atoms with E-state index in [2.05, 4.69) is 0 Å². The van der Waals surface area contributed by atoms with E-state index >= 15 is 0 Å². The van der Waals surface area contributed by atoms with E-state index in [1.807, 2.05) is 25.1 Å². The van der Waals surface area contributed by atoms with Crippen molar-refractivity contribution in [2.24, 2.45) is 0 Å². The summed E-state index contributed by atoms with van der Waals surface area (Å²) in [5.41, 5.74) is 7.68. The average molecular weight is 292 g/mol. The number of benzene rings is 2. The number of rotatable bonds is 4. The Morgan fingerprint density at radius 2 is 2.05 bits per heavy atom. The summed E-state index contributed by atoms with van der Waals surface area (Å²) in [5, 5.41) is 10.5. The number of hydrogen-bond donors (Lipinski definition) is 1. The van der Waals surface area contributed by atoms with Crippen LogP contribution in [0.25, 0.3) is 0 Å². The molecule has 4 nitrogen and oxygen atoms in total. The van der Waals surface area contributed by atoms with E-state index in [0.717, 1.165) is 10.5 Å². The fourth-order valence-corrected chi connectivity index (χ4v) is 2.74. The lowest BCUT2D eigenvalue weighted by Crippen LogP contribution is -1.94. The third-order valence-electron chi connectivity index (χ3n) is 2.82. The van der Waals surface area contributed by atoms with Crippen molar-refractivity contribution in [3.63, 3.8) is 0 Å². The van der Waals surface area contributed by atoms with Crippen LogP contribution in [0.4, 0.5) is 15.8 Å². The second-order valence-electron chi connectivity index (χ2n) is 4.36. The zero-order chi connectivity index (χ0) is 14.7. The number of aryl methyl sites for hydroxylation is 1. The van der Waals surface area contributed by atoms with Gasteiger partial charge in [-0.15, -0.1) is 11.8 Å². The van der Waals surface area contributed by atoms with Crippen molar-refractivity contribution < 1.29 is 9.31 Å². The van der Waals surface area contributed by atoms with Gasteiger partial charge in [-0.1, -0.05) is 12.1 Å². The normalized spacial score (nSPS) is 10.5. The van der Waals surface area contributed by atoms with Crippen LogP contribution in [0.15, 0.2) is 41.3 Å². The Labute approximate surface area is 119 Å². The van der Waals surface area contributed by atoms with Gasteiger partial charge in [0.1, 0.15) is 0 Å². The molecule has 2 aromatic rings. The lowest BCUT2D eigenvalue weighted by Gasteiger charge is -2.07. The molecule has 0 atom stereocenters. The van der Waals surface area contributed by atoms with Gasteiger partial charge in [-0.25, -0.2) is 0 Å². The molecule has 2 aromatic carbocycles. The van der Waals surface area contributed by atoms with Gasteiger partial charge in [0.05, 0.1) is 4.92 Å². The minimum Gasteiger partial charge on any atom is -0.399 e. The molecule has 0 bridgehead atoms. The van der Waals surface area contributed by atoms with Gasteiger partial charge < -0.3 is 5.73 Å². The smallest absolute Gasteiger partial charge is 0.304 e. The fourth-order valence-electron chi connectivity index (χ4n) is 1.72.